The van der Waals surface area contributed by atoms with Crippen LogP contribution in [0.4, 0.5) is 0 Å². The lowest BCUT2D eigenvalue weighted by Gasteiger charge is -2.32. The van der Waals surface area contributed by atoms with Gasteiger partial charge in [0.25, 0.3) is 5.91 Å². The van der Waals surface area contributed by atoms with Crippen molar-refractivity contribution in [2.75, 3.05) is 13.2 Å². The quantitative estimate of drug-likeness (QED) is 0.0418. The average molecular weight is 646 g/mol. The summed E-state index contributed by atoms with van der Waals surface area (Å²) in [7, 11) is 0. The van der Waals surface area contributed by atoms with Gasteiger partial charge in [0.2, 0.25) is 5.90 Å². The summed E-state index contributed by atoms with van der Waals surface area (Å²) in [5.74, 6) is 0.411. The van der Waals surface area contributed by atoms with Crippen LogP contribution >= 0.6 is 0 Å². The molecule has 4 aromatic carbocycles. The molecule has 48 heavy (non-hydrogen) atoms. The number of benzene rings is 4. The molecule has 13 heteroatoms. The van der Waals surface area contributed by atoms with E-state index < -0.39 is 17.6 Å². The topological polar surface area (TPSA) is 190 Å². The molecule has 0 saturated heterocycles. The molecule has 13 nitrogen and oxygen atoms in total. The van der Waals surface area contributed by atoms with Crippen LogP contribution in [0.3, 0.4) is 0 Å². The zero-order valence-corrected chi connectivity index (χ0v) is 26.1. The third kappa shape index (κ3) is 8.11. The Hall–Kier alpha value is -5.84. The molecule has 0 saturated carbocycles. The second-order valence-electron chi connectivity index (χ2n) is 11.0. The van der Waals surface area contributed by atoms with Crippen LogP contribution in [0, 0.1) is 0 Å². The maximum atomic E-state index is 14.6. The number of hydrazine groups is 1. The molecule has 4 aromatic rings. The van der Waals surface area contributed by atoms with Gasteiger partial charge < -0.3 is 14.6 Å². The highest BCUT2D eigenvalue weighted by atomic mass is 16.5. The largest absolute Gasteiger partial charge is 0.494 e. The summed E-state index contributed by atoms with van der Waals surface area (Å²) >= 11 is 0. The van der Waals surface area contributed by atoms with E-state index in [9.17, 15) is 4.79 Å². The number of ether oxygens (including phenoxy) is 2. The number of azide groups is 2. The van der Waals surface area contributed by atoms with E-state index in [0.717, 1.165) is 16.7 Å². The first-order valence-corrected chi connectivity index (χ1v) is 15.4. The van der Waals surface area contributed by atoms with Crippen LogP contribution in [-0.2, 0) is 35.6 Å². The highest BCUT2D eigenvalue weighted by Gasteiger charge is 2.54. The van der Waals surface area contributed by atoms with Gasteiger partial charge in [-0.15, -0.1) is 0 Å². The van der Waals surface area contributed by atoms with E-state index in [0.29, 0.717) is 42.0 Å². The number of amides is 1. The number of rotatable bonds is 16. The Morgan fingerprint density at radius 1 is 0.875 bits per heavy atom. The molecule has 0 fully saturated rings. The molecular formula is C35H35N9O4. The fourth-order valence-electron chi connectivity index (χ4n) is 5.51. The fourth-order valence-corrected chi connectivity index (χ4v) is 5.51. The monoisotopic (exact) mass is 645 g/mol. The van der Waals surface area contributed by atoms with Crippen LogP contribution in [0.5, 0.6) is 5.75 Å². The number of nitrogens with zero attached hydrogens (tertiary/aromatic N) is 7. The van der Waals surface area contributed by atoms with E-state index >= 15 is 0 Å². The molecule has 1 heterocycles. The van der Waals surface area contributed by atoms with Gasteiger partial charge in [-0.2, -0.15) is 0 Å². The molecule has 3 N–H and O–H groups in total. The van der Waals surface area contributed by atoms with Crippen molar-refractivity contribution in [2.45, 2.75) is 44.1 Å². The minimum absolute atomic E-state index is 0.0294. The summed E-state index contributed by atoms with van der Waals surface area (Å²) in [6, 6.07) is 31.6. The normalized spacial score (nSPS) is 16.5. The maximum absolute atomic E-state index is 14.6. The summed E-state index contributed by atoms with van der Waals surface area (Å²) in [5, 5.41) is 16.7. The van der Waals surface area contributed by atoms with Gasteiger partial charge in [-0.05, 0) is 63.1 Å². The van der Waals surface area contributed by atoms with Gasteiger partial charge in [0.15, 0.2) is 11.6 Å². The van der Waals surface area contributed by atoms with Crippen molar-refractivity contribution in [3.8, 4) is 5.75 Å². The van der Waals surface area contributed by atoms with Gasteiger partial charge in [0.1, 0.15) is 5.75 Å². The number of aliphatic hydroxyl groups is 1. The van der Waals surface area contributed by atoms with Crippen LogP contribution in [0.1, 0.15) is 45.9 Å². The van der Waals surface area contributed by atoms with E-state index in [2.05, 4.69) is 30.9 Å². The Morgan fingerprint density at radius 2 is 1.52 bits per heavy atom. The SMILES string of the molecule is [N-]=[N+]=NCc1ccccc1C[C@]1(C(=O)NNCc2ccccc2)N=C(c2ccc(OCCCO)cc2)O[C@H]1c1ccccc1CN=[N+]=[N-]. The number of hydrogen-bond acceptors (Lipinski definition) is 8. The molecule has 0 aliphatic carbocycles. The van der Waals surface area contributed by atoms with Gasteiger partial charge >= 0.3 is 0 Å². The van der Waals surface area contributed by atoms with E-state index in [4.69, 9.17) is 30.6 Å². The Balaban J connectivity index is 1.61. The number of aliphatic imine (C=N–C) groups is 1. The molecule has 0 bridgehead atoms. The Labute approximate surface area is 277 Å². The first-order chi connectivity index (χ1) is 23.6. The Morgan fingerprint density at radius 3 is 2.23 bits per heavy atom. The van der Waals surface area contributed by atoms with Crippen molar-refractivity contribution in [3.05, 3.63) is 157 Å². The fraction of sp³-hybridized carbons (Fsp3) is 0.257. The van der Waals surface area contributed by atoms with E-state index in [1.54, 1.807) is 24.3 Å². The van der Waals surface area contributed by atoms with E-state index in [1.165, 1.54) is 0 Å². The highest BCUT2D eigenvalue weighted by molar-refractivity contribution is 6.01. The minimum atomic E-state index is -1.56. The van der Waals surface area contributed by atoms with Crippen molar-refractivity contribution < 1.29 is 19.4 Å². The first-order valence-electron chi connectivity index (χ1n) is 15.4. The molecule has 1 aliphatic heterocycles. The number of aliphatic hydroxyl groups excluding tert-OH is 1. The van der Waals surface area contributed by atoms with Gasteiger partial charge in [-0.1, -0.05) is 89.1 Å². The van der Waals surface area contributed by atoms with Crippen LogP contribution in [-0.4, -0.2) is 35.7 Å². The van der Waals surface area contributed by atoms with Crippen LogP contribution < -0.4 is 15.6 Å². The number of carbonyl (C=O) groups is 1. The van der Waals surface area contributed by atoms with Gasteiger partial charge in [0, 0.05) is 41.4 Å². The summed E-state index contributed by atoms with van der Waals surface area (Å²) in [6.45, 7) is 0.889. The molecule has 0 aromatic heterocycles. The summed E-state index contributed by atoms with van der Waals surface area (Å²) in [4.78, 5) is 25.6. The van der Waals surface area contributed by atoms with Crippen LogP contribution in [0.15, 0.2) is 118 Å². The van der Waals surface area contributed by atoms with Crippen LogP contribution in [0.2, 0.25) is 0 Å². The predicted molar refractivity (Wildman–Crippen MR) is 180 cm³/mol. The summed E-state index contributed by atoms with van der Waals surface area (Å²) < 4.78 is 12.4. The molecule has 1 amide bonds. The third-order valence-electron chi connectivity index (χ3n) is 7.89. The van der Waals surface area contributed by atoms with E-state index in [-0.39, 0.29) is 32.0 Å². The molecule has 0 spiro atoms. The Bertz CT molecular complexity index is 1820. The highest BCUT2D eigenvalue weighted by Crippen LogP contribution is 2.44. The zero-order valence-electron chi connectivity index (χ0n) is 26.1. The zero-order chi connectivity index (χ0) is 33.6. The predicted octanol–water partition coefficient (Wildman–Crippen LogP) is 6.39. The average Bonchev–Trinajstić information content (AvgIpc) is 3.51. The number of hydrogen-bond donors (Lipinski definition) is 3. The van der Waals surface area contributed by atoms with Gasteiger partial charge in [-0.3, -0.25) is 10.2 Å². The van der Waals surface area contributed by atoms with Gasteiger partial charge in [0.05, 0.1) is 19.7 Å². The smallest absolute Gasteiger partial charge is 0.266 e. The minimum Gasteiger partial charge on any atom is -0.494 e. The summed E-state index contributed by atoms with van der Waals surface area (Å²) in [6.07, 6.45) is -0.342. The van der Waals surface area contributed by atoms with Crippen molar-refractivity contribution in [1.29, 1.82) is 0 Å². The number of carbonyl (C=O) groups excluding carboxylic acids is 1. The summed E-state index contributed by atoms with van der Waals surface area (Å²) in [5.41, 5.74) is 27.0. The molecule has 5 rings (SSSR count). The standard InChI is InChI=1S/C35H35N9O4/c36-43-39-23-28-12-5-4-11-27(28)21-35(34(46)42-38-22-25-9-2-1-3-10-25)32(31-14-7-6-13-29(31)24-40-44-37)48-33(41-35)26-15-17-30(18-16-26)47-20-8-19-45/h1-7,9-18,32,38,45H,8,19-24H2,(H,42,46)/t32-,35-/m0/s1. The lowest BCUT2D eigenvalue weighted by atomic mass is 9.80. The molecule has 0 unspecified atom stereocenters. The van der Waals surface area contributed by atoms with Crippen LogP contribution in [0.25, 0.3) is 20.9 Å². The molecule has 244 valence electrons. The van der Waals surface area contributed by atoms with Crippen molar-refractivity contribution >= 4 is 11.8 Å². The van der Waals surface area contributed by atoms with Crippen molar-refractivity contribution in [1.82, 2.24) is 10.9 Å². The van der Waals surface area contributed by atoms with Crippen molar-refractivity contribution in [3.63, 3.8) is 0 Å². The second-order valence-corrected chi connectivity index (χ2v) is 11.0. The molecular weight excluding hydrogens is 610 g/mol. The second kappa shape index (κ2) is 16.6. The Kier molecular flexibility index (Phi) is 11.6. The van der Waals surface area contributed by atoms with Gasteiger partial charge in [-0.25, -0.2) is 10.4 Å². The lowest BCUT2D eigenvalue weighted by Crippen LogP contribution is -2.54. The molecule has 2 atom stereocenters. The maximum Gasteiger partial charge on any atom is 0.266 e. The lowest BCUT2D eigenvalue weighted by molar-refractivity contribution is -0.130. The molecule has 0 radical (unpaired) electrons. The van der Waals surface area contributed by atoms with E-state index in [1.807, 2.05) is 78.9 Å². The molecule has 1 aliphatic rings. The van der Waals surface area contributed by atoms with Crippen molar-refractivity contribution in [2.24, 2.45) is 15.2 Å². The third-order valence-corrected chi connectivity index (χ3v) is 7.89. The number of nitrogens with one attached hydrogen (secondary N) is 2. The first kappa shape index (κ1) is 33.5.